The van der Waals surface area contributed by atoms with Crippen molar-refractivity contribution in [3.8, 4) is 0 Å². The Morgan fingerprint density at radius 1 is 1.23 bits per heavy atom. The molecule has 0 bridgehead atoms. The Morgan fingerprint density at radius 2 is 1.96 bits per heavy atom. The van der Waals surface area contributed by atoms with Crippen LogP contribution in [0.15, 0.2) is 24.3 Å². The lowest BCUT2D eigenvalue weighted by Crippen LogP contribution is -2.53. The minimum atomic E-state index is -0.0602. The molecular weight excluding hydrogens is 348 g/mol. The van der Waals surface area contributed by atoms with Gasteiger partial charge in [-0.1, -0.05) is 12.1 Å². The Hall–Kier alpha value is -2.61. The highest BCUT2D eigenvalue weighted by atomic mass is 32.1. The maximum Gasteiger partial charge on any atom is 0.254 e. The van der Waals surface area contributed by atoms with Crippen molar-refractivity contribution in [1.29, 1.82) is 10.8 Å². The molecule has 1 amide bonds. The first kappa shape index (κ1) is 16.8. The van der Waals surface area contributed by atoms with E-state index in [0.29, 0.717) is 35.4 Å². The number of nitrogens with one attached hydrogen (secondary N) is 2. The van der Waals surface area contributed by atoms with E-state index in [1.54, 1.807) is 16.7 Å². The van der Waals surface area contributed by atoms with Crippen LogP contribution in [0.25, 0.3) is 0 Å². The molecule has 2 aliphatic rings. The number of piperazine rings is 1. The van der Waals surface area contributed by atoms with E-state index in [2.05, 4.69) is 9.36 Å². The van der Waals surface area contributed by atoms with Crippen LogP contribution >= 0.6 is 11.5 Å². The van der Waals surface area contributed by atoms with Gasteiger partial charge in [-0.3, -0.25) is 15.6 Å². The maximum atomic E-state index is 12.7. The molecule has 4 rings (SSSR count). The summed E-state index contributed by atoms with van der Waals surface area (Å²) in [6.45, 7) is 2.88. The van der Waals surface area contributed by atoms with E-state index in [1.165, 1.54) is 18.4 Å². The molecule has 8 heteroatoms. The largest absolute Gasteiger partial charge is 0.329 e. The molecule has 0 spiro atoms. The molecule has 26 heavy (non-hydrogen) atoms. The molecule has 134 valence electrons. The van der Waals surface area contributed by atoms with Gasteiger partial charge in [0.2, 0.25) is 0 Å². The van der Waals surface area contributed by atoms with E-state index >= 15 is 0 Å². The fraction of sp³-hybridized carbons (Fsp3) is 0.389. The summed E-state index contributed by atoms with van der Waals surface area (Å²) in [5.74, 6) is 1.66. The zero-order chi connectivity index (χ0) is 18.3. The minimum Gasteiger partial charge on any atom is -0.329 e. The van der Waals surface area contributed by atoms with Crippen molar-refractivity contribution in [3.05, 3.63) is 46.2 Å². The Balaban J connectivity index is 1.41. The van der Waals surface area contributed by atoms with Crippen molar-refractivity contribution in [2.45, 2.75) is 25.7 Å². The normalized spacial score (nSPS) is 17.5. The van der Waals surface area contributed by atoms with Crippen LogP contribution in [0.4, 0.5) is 0 Å². The average molecular weight is 368 g/mol. The van der Waals surface area contributed by atoms with Gasteiger partial charge in [-0.25, -0.2) is 4.98 Å². The topological polar surface area (TPSA) is 97.0 Å². The Morgan fingerprint density at radius 3 is 2.54 bits per heavy atom. The molecular formula is C18H20N6OS. The molecule has 2 aromatic rings. The third-order valence-electron chi connectivity index (χ3n) is 4.75. The number of rotatable bonds is 3. The van der Waals surface area contributed by atoms with Crippen molar-refractivity contribution in [2.24, 2.45) is 0 Å². The van der Waals surface area contributed by atoms with Gasteiger partial charge in [0.1, 0.15) is 11.7 Å². The zero-order valence-electron chi connectivity index (χ0n) is 14.5. The van der Waals surface area contributed by atoms with Gasteiger partial charge in [0.25, 0.3) is 5.91 Å². The highest BCUT2D eigenvalue weighted by molar-refractivity contribution is 7.07. The molecule has 2 N–H and O–H groups in total. The van der Waals surface area contributed by atoms with Gasteiger partial charge in [0, 0.05) is 18.7 Å². The van der Waals surface area contributed by atoms with E-state index in [9.17, 15) is 4.79 Å². The summed E-state index contributed by atoms with van der Waals surface area (Å²) in [6, 6.07) is 7.86. The fourth-order valence-electron chi connectivity index (χ4n) is 3.13. The highest BCUT2D eigenvalue weighted by Crippen LogP contribution is 2.39. The van der Waals surface area contributed by atoms with Crippen LogP contribution in [0.1, 0.15) is 45.5 Å². The van der Waals surface area contributed by atoms with E-state index in [4.69, 9.17) is 10.8 Å². The van der Waals surface area contributed by atoms with Gasteiger partial charge < -0.3 is 9.80 Å². The van der Waals surface area contributed by atoms with Crippen LogP contribution in [0.2, 0.25) is 0 Å². The molecule has 1 aliphatic heterocycles. The first-order valence-electron chi connectivity index (χ1n) is 8.66. The smallest absolute Gasteiger partial charge is 0.254 e. The van der Waals surface area contributed by atoms with Gasteiger partial charge in [0.05, 0.1) is 6.54 Å². The Bertz CT molecular complexity index is 870. The van der Waals surface area contributed by atoms with Crippen LogP contribution in [-0.4, -0.2) is 56.4 Å². The third kappa shape index (κ3) is 3.24. The number of amides is 1. The van der Waals surface area contributed by atoms with Crippen molar-refractivity contribution < 1.29 is 4.79 Å². The molecule has 2 heterocycles. The third-order valence-corrected chi connectivity index (χ3v) is 5.57. The number of aryl methyl sites for hydroxylation is 1. The SMILES string of the molecule is Cc1nsc(C(=N)N2CCN(C(=O)c3ccc(C4CC4)cc3)CC2=N)n1. The zero-order valence-corrected chi connectivity index (χ0v) is 15.3. The number of amidine groups is 2. The lowest BCUT2D eigenvalue weighted by Gasteiger charge is -2.35. The molecule has 1 aromatic carbocycles. The maximum absolute atomic E-state index is 12.7. The van der Waals surface area contributed by atoms with Crippen LogP contribution in [0, 0.1) is 17.7 Å². The van der Waals surface area contributed by atoms with E-state index in [-0.39, 0.29) is 24.1 Å². The molecule has 1 aromatic heterocycles. The highest BCUT2D eigenvalue weighted by Gasteiger charge is 2.29. The van der Waals surface area contributed by atoms with Crippen molar-refractivity contribution in [2.75, 3.05) is 19.6 Å². The quantitative estimate of drug-likeness (QED) is 0.642. The lowest BCUT2D eigenvalue weighted by molar-refractivity contribution is 0.0757. The summed E-state index contributed by atoms with van der Waals surface area (Å²) < 4.78 is 4.09. The molecule has 2 fully saturated rings. The van der Waals surface area contributed by atoms with Gasteiger partial charge in [-0.05, 0) is 54.9 Å². The predicted octanol–water partition coefficient (Wildman–Crippen LogP) is 2.48. The summed E-state index contributed by atoms with van der Waals surface area (Å²) in [5, 5.41) is 17.0. The first-order valence-corrected chi connectivity index (χ1v) is 9.43. The molecule has 0 unspecified atom stereocenters. The van der Waals surface area contributed by atoms with Crippen LogP contribution in [0.5, 0.6) is 0 Å². The summed E-state index contributed by atoms with van der Waals surface area (Å²) in [5.41, 5.74) is 1.96. The second-order valence-corrected chi connectivity index (χ2v) is 7.47. The van der Waals surface area contributed by atoms with Crippen LogP contribution in [-0.2, 0) is 0 Å². The fourth-order valence-corrected chi connectivity index (χ4v) is 3.76. The Labute approximate surface area is 155 Å². The number of aromatic nitrogens is 2. The number of benzene rings is 1. The van der Waals surface area contributed by atoms with Gasteiger partial charge in [-0.15, -0.1) is 0 Å². The number of carbonyl (C=O) groups excluding carboxylic acids is 1. The molecule has 1 saturated heterocycles. The monoisotopic (exact) mass is 368 g/mol. The summed E-state index contributed by atoms with van der Waals surface area (Å²) in [7, 11) is 0. The molecule has 7 nitrogen and oxygen atoms in total. The molecule has 1 aliphatic carbocycles. The van der Waals surface area contributed by atoms with Crippen molar-refractivity contribution in [3.63, 3.8) is 0 Å². The first-order chi connectivity index (χ1) is 12.5. The number of hydrogen-bond donors (Lipinski definition) is 2. The predicted molar refractivity (Wildman–Crippen MR) is 100 cm³/mol. The van der Waals surface area contributed by atoms with Crippen molar-refractivity contribution >= 4 is 29.1 Å². The number of hydrogen-bond acceptors (Lipinski definition) is 6. The Kier molecular flexibility index (Phi) is 4.28. The lowest BCUT2D eigenvalue weighted by atomic mass is 10.1. The van der Waals surface area contributed by atoms with E-state index in [0.717, 1.165) is 11.5 Å². The van der Waals surface area contributed by atoms with Crippen LogP contribution < -0.4 is 0 Å². The summed E-state index contributed by atoms with van der Waals surface area (Å²) in [6.07, 6.45) is 2.49. The van der Waals surface area contributed by atoms with Crippen molar-refractivity contribution in [1.82, 2.24) is 19.2 Å². The second kappa shape index (κ2) is 6.60. The van der Waals surface area contributed by atoms with E-state index < -0.39 is 0 Å². The molecule has 0 atom stereocenters. The van der Waals surface area contributed by atoms with E-state index in [1.807, 2.05) is 24.3 Å². The second-order valence-electron chi connectivity index (χ2n) is 6.72. The standard InChI is InChI=1S/C18H20N6OS/c1-11-21-17(26-22-11)16(20)24-9-8-23(10-15(24)19)18(25)14-6-4-13(5-7-14)12-2-3-12/h4-7,12,19-20H,2-3,8-10H2,1H3. The van der Waals surface area contributed by atoms with Gasteiger partial charge >= 0.3 is 0 Å². The van der Waals surface area contributed by atoms with Crippen LogP contribution in [0.3, 0.4) is 0 Å². The van der Waals surface area contributed by atoms with Gasteiger partial charge in [-0.2, -0.15) is 4.37 Å². The van der Waals surface area contributed by atoms with Gasteiger partial charge in [0.15, 0.2) is 10.8 Å². The molecule has 1 saturated carbocycles. The number of carbonyl (C=O) groups is 1. The summed E-state index contributed by atoms with van der Waals surface area (Å²) >= 11 is 1.16. The summed E-state index contributed by atoms with van der Waals surface area (Å²) in [4.78, 5) is 20.2. The average Bonchev–Trinajstić information content (AvgIpc) is 3.41. The molecule has 0 radical (unpaired) electrons. The number of nitrogens with zero attached hydrogens (tertiary/aromatic N) is 4. The minimum absolute atomic E-state index is 0.0602.